The third-order valence-electron chi connectivity index (χ3n) is 3.86. The van der Waals surface area contributed by atoms with Crippen LogP contribution in [0.5, 0.6) is 5.75 Å². The van der Waals surface area contributed by atoms with Crippen molar-refractivity contribution in [1.29, 1.82) is 0 Å². The van der Waals surface area contributed by atoms with Crippen LogP contribution >= 0.6 is 0 Å². The molecule has 0 aromatic heterocycles. The van der Waals surface area contributed by atoms with Crippen molar-refractivity contribution in [2.45, 2.75) is 31.8 Å². The van der Waals surface area contributed by atoms with Crippen molar-refractivity contribution in [3.63, 3.8) is 0 Å². The van der Waals surface area contributed by atoms with Crippen LogP contribution in [0.3, 0.4) is 0 Å². The van der Waals surface area contributed by atoms with Crippen molar-refractivity contribution in [3.05, 3.63) is 42.0 Å². The van der Waals surface area contributed by atoms with Crippen LogP contribution in [0, 0.1) is 5.92 Å². The Kier molecular flexibility index (Phi) is 3.53. The van der Waals surface area contributed by atoms with Gasteiger partial charge in [-0.2, -0.15) is 0 Å². The summed E-state index contributed by atoms with van der Waals surface area (Å²) in [5.74, 6) is 1.28. The summed E-state index contributed by atoms with van der Waals surface area (Å²) in [5, 5.41) is 3.03. The van der Waals surface area contributed by atoms with Gasteiger partial charge in [0, 0.05) is 12.3 Å². The van der Waals surface area contributed by atoms with Crippen molar-refractivity contribution >= 4 is 5.91 Å². The molecule has 3 heteroatoms. The van der Waals surface area contributed by atoms with Gasteiger partial charge in [0.1, 0.15) is 11.9 Å². The molecular weight excluding hydrogens is 238 g/mol. The fraction of sp³-hybridized carbons (Fsp3) is 0.438. The molecule has 1 N–H and O–H groups in total. The predicted molar refractivity (Wildman–Crippen MR) is 74.1 cm³/mol. The first-order valence-corrected chi connectivity index (χ1v) is 7.00. The van der Waals surface area contributed by atoms with E-state index < -0.39 is 0 Å². The maximum absolute atomic E-state index is 12.0. The normalized spacial score (nSPS) is 24.6. The first kappa shape index (κ1) is 12.3. The third kappa shape index (κ3) is 2.80. The van der Waals surface area contributed by atoms with E-state index in [4.69, 9.17) is 4.74 Å². The number of allylic oxidation sites excluding steroid dienone is 2. The van der Waals surface area contributed by atoms with Gasteiger partial charge in [-0.3, -0.25) is 4.79 Å². The van der Waals surface area contributed by atoms with Crippen molar-refractivity contribution < 1.29 is 9.53 Å². The number of amides is 1. The molecule has 3 nitrogen and oxygen atoms in total. The highest BCUT2D eigenvalue weighted by Gasteiger charge is 2.24. The molecule has 0 saturated carbocycles. The van der Waals surface area contributed by atoms with Gasteiger partial charge in [-0.05, 0) is 30.9 Å². The highest BCUT2D eigenvalue weighted by Crippen LogP contribution is 2.27. The summed E-state index contributed by atoms with van der Waals surface area (Å²) >= 11 is 0. The lowest BCUT2D eigenvalue weighted by atomic mass is 9.93. The summed E-state index contributed by atoms with van der Waals surface area (Å²) in [5.41, 5.74) is 1.24. The van der Waals surface area contributed by atoms with E-state index in [1.54, 1.807) is 0 Å². The summed E-state index contributed by atoms with van der Waals surface area (Å²) in [6, 6.07) is 8.08. The molecule has 2 atom stereocenters. The summed E-state index contributed by atoms with van der Waals surface area (Å²) in [4.78, 5) is 12.0. The zero-order valence-electron chi connectivity index (χ0n) is 11.0. The Balaban J connectivity index is 1.49. The number of nitrogens with one attached hydrogen (secondary N) is 1. The summed E-state index contributed by atoms with van der Waals surface area (Å²) in [6.07, 6.45) is 8.09. The van der Waals surface area contributed by atoms with Gasteiger partial charge in [0.2, 0.25) is 5.91 Å². The number of fused-ring (bicyclic) bond motifs is 1. The van der Waals surface area contributed by atoms with E-state index in [1.807, 2.05) is 18.2 Å². The van der Waals surface area contributed by atoms with Crippen molar-refractivity contribution in [3.8, 4) is 5.75 Å². The molecule has 0 bridgehead atoms. The lowest BCUT2D eigenvalue weighted by Crippen LogP contribution is -2.38. The molecule has 0 spiro atoms. The van der Waals surface area contributed by atoms with Gasteiger partial charge in [-0.1, -0.05) is 30.4 Å². The van der Waals surface area contributed by atoms with Gasteiger partial charge in [-0.15, -0.1) is 0 Å². The molecule has 19 heavy (non-hydrogen) atoms. The number of rotatable bonds is 3. The molecule has 2 unspecified atom stereocenters. The van der Waals surface area contributed by atoms with Gasteiger partial charge < -0.3 is 10.1 Å². The minimum Gasteiger partial charge on any atom is -0.488 e. The first-order valence-electron chi connectivity index (χ1n) is 7.00. The van der Waals surface area contributed by atoms with Crippen molar-refractivity contribution in [1.82, 2.24) is 5.32 Å². The number of carbonyl (C=O) groups is 1. The quantitative estimate of drug-likeness (QED) is 0.845. The largest absolute Gasteiger partial charge is 0.488 e. The van der Waals surface area contributed by atoms with E-state index >= 15 is 0 Å². The fourth-order valence-corrected chi connectivity index (χ4v) is 2.76. The second kappa shape index (κ2) is 5.47. The molecule has 1 aliphatic heterocycles. The zero-order chi connectivity index (χ0) is 13.1. The highest BCUT2D eigenvalue weighted by molar-refractivity contribution is 5.79. The van der Waals surface area contributed by atoms with Crippen LogP contribution < -0.4 is 10.1 Å². The number of hydrogen-bond donors (Lipinski definition) is 1. The topological polar surface area (TPSA) is 38.3 Å². The third-order valence-corrected chi connectivity index (χ3v) is 3.86. The molecule has 1 aliphatic carbocycles. The summed E-state index contributed by atoms with van der Waals surface area (Å²) < 4.78 is 5.82. The minimum atomic E-state index is 0.0838. The molecule has 1 aromatic carbocycles. The molecule has 0 fully saturated rings. The van der Waals surface area contributed by atoms with Gasteiger partial charge in [0.05, 0.1) is 6.54 Å². The Hall–Kier alpha value is -1.77. The van der Waals surface area contributed by atoms with E-state index in [-0.39, 0.29) is 17.9 Å². The zero-order valence-corrected chi connectivity index (χ0v) is 11.0. The lowest BCUT2D eigenvalue weighted by Gasteiger charge is -2.19. The van der Waals surface area contributed by atoms with E-state index in [9.17, 15) is 4.79 Å². The van der Waals surface area contributed by atoms with Crippen LogP contribution in [0.1, 0.15) is 24.8 Å². The lowest BCUT2D eigenvalue weighted by molar-refractivity contribution is -0.125. The van der Waals surface area contributed by atoms with Crippen LogP contribution in [-0.2, 0) is 11.2 Å². The maximum Gasteiger partial charge on any atom is 0.223 e. The molecule has 1 aromatic rings. The van der Waals surface area contributed by atoms with E-state index in [0.29, 0.717) is 6.54 Å². The Morgan fingerprint density at radius 1 is 1.32 bits per heavy atom. The number of carbonyl (C=O) groups excluding carboxylic acids is 1. The summed E-state index contributed by atoms with van der Waals surface area (Å²) in [6.45, 7) is 0.605. The predicted octanol–water partition coefficient (Wildman–Crippen LogP) is 2.46. The molecule has 0 saturated heterocycles. The van der Waals surface area contributed by atoms with E-state index in [2.05, 4.69) is 23.5 Å². The summed E-state index contributed by atoms with van der Waals surface area (Å²) in [7, 11) is 0. The van der Waals surface area contributed by atoms with E-state index in [0.717, 1.165) is 31.4 Å². The van der Waals surface area contributed by atoms with Crippen LogP contribution in [0.4, 0.5) is 0 Å². The van der Waals surface area contributed by atoms with Gasteiger partial charge in [0.15, 0.2) is 0 Å². The maximum atomic E-state index is 12.0. The molecule has 2 aliphatic rings. The molecule has 0 radical (unpaired) electrons. The molecule has 100 valence electrons. The Labute approximate surface area is 113 Å². The first-order chi connectivity index (χ1) is 9.33. The Morgan fingerprint density at radius 2 is 2.21 bits per heavy atom. The van der Waals surface area contributed by atoms with Crippen molar-refractivity contribution in [2.24, 2.45) is 5.92 Å². The fourth-order valence-electron chi connectivity index (χ4n) is 2.76. The second-order valence-electron chi connectivity index (χ2n) is 5.28. The SMILES string of the molecule is O=C(NCC1Cc2ccccc2O1)C1CC=CCC1. The molecule has 3 rings (SSSR count). The monoisotopic (exact) mass is 257 g/mol. The number of para-hydroxylation sites is 1. The average Bonchev–Trinajstić information content (AvgIpc) is 2.88. The second-order valence-corrected chi connectivity index (χ2v) is 5.28. The smallest absolute Gasteiger partial charge is 0.223 e. The van der Waals surface area contributed by atoms with Crippen LogP contribution in [0.15, 0.2) is 36.4 Å². The number of hydrogen-bond acceptors (Lipinski definition) is 2. The number of benzene rings is 1. The van der Waals surface area contributed by atoms with Crippen LogP contribution in [0.2, 0.25) is 0 Å². The molecule has 1 amide bonds. The average molecular weight is 257 g/mol. The molecule has 1 heterocycles. The van der Waals surface area contributed by atoms with Gasteiger partial charge >= 0.3 is 0 Å². The van der Waals surface area contributed by atoms with Crippen molar-refractivity contribution in [2.75, 3.05) is 6.54 Å². The Bertz CT molecular complexity index is 470. The standard InChI is InChI=1S/C16H19NO2/c18-16(12-6-2-1-3-7-12)17-11-14-10-13-8-4-5-9-15(13)19-14/h1-2,4-5,8-9,12,14H,3,6-7,10-11H2,(H,17,18). The molecular formula is C16H19NO2. The van der Waals surface area contributed by atoms with E-state index in [1.165, 1.54) is 5.56 Å². The van der Waals surface area contributed by atoms with Crippen LogP contribution in [-0.4, -0.2) is 18.6 Å². The van der Waals surface area contributed by atoms with Gasteiger partial charge in [0.25, 0.3) is 0 Å². The van der Waals surface area contributed by atoms with Gasteiger partial charge in [-0.25, -0.2) is 0 Å². The van der Waals surface area contributed by atoms with Crippen LogP contribution in [0.25, 0.3) is 0 Å². The highest BCUT2D eigenvalue weighted by atomic mass is 16.5. The minimum absolute atomic E-state index is 0.0838. The Morgan fingerprint density at radius 3 is 3.00 bits per heavy atom. The number of ether oxygens (including phenoxy) is 1.